The molecule has 0 amide bonds. The van der Waals surface area contributed by atoms with Crippen LogP contribution >= 0.6 is 0 Å². The second-order valence-corrected chi connectivity index (χ2v) is 8.80. The molecule has 3 rings (SSSR count). The van der Waals surface area contributed by atoms with E-state index in [0.29, 0.717) is 18.0 Å². The molecule has 1 heterocycles. The fourth-order valence-corrected chi connectivity index (χ4v) is 3.88. The highest BCUT2D eigenvalue weighted by Crippen LogP contribution is 2.19. The summed E-state index contributed by atoms with van der Waals surface area (Å²) in [6, 6.07) is 21.1. The normalized spacial score (nSPS) is 12.0. The van der Waals surface area contributed by atoms with Gasteiger partial charge in [0.2, 0.25) is 10.0 Å². The van der Waals surface area contributed by atoms with Gasteiger partial charge in [0.25, 0.3) is 0 Å². The third-order valence-electron chi connectivity index (χ3n) is 4.29. The van der Waals surface area contributed by atoms with Crippen molar-refractivity contribution in [3.63, 3.8) is 0 Å². The summed E-state index contributed by atoms with van der Waals surface area (Å²) in [5.74, 6) is 0.878. The maximum absolute atomic E-state index is 12.4. The van der Waals surface area contributed by atoms with Crippen molar-refractivity contribution in [3.05, 3.63) is 89.9 Å². The first-order chi connectivity index (χ1) is 12.9. The van der Waals surface area contributed by atoms with Crippen LogP contribution in [0.3, 0.4) is 0 Å². The minimum absolute atomic E-state index is 0.308. The Kier molecular flexibility index (Phi) is 6.11. The van der Waals surface area contributed by atoms with Crippen LogP contribution in [0.5, 0.6) is 0 Å². The van der Waals surface area contributed by atoms with Gasteiger partial charge in [-0.25, -0.2) is 12.7 Å². The van der Waals surface area contributed by atoms with Gasteiger partial charge in [-0.3, -0.25) is 4.90 Å². The second kappa shape index (κ2) is 8.52. The number of furan rings is 1. The van der Waals surface area contributed by atoms with E-state index in [9.17, 15) is 8.42 Å². The molecule has 0 saturated heterocycles. The van der Waals surface area contributed by atoms with Crippen LogP contribution < -0.4 is 0 Å². The number of rotatable bonds is 8. The SMILES string of the molecule is CN(C)S(=O)(=O)c1cccc(CN(Cc2ccccc2)Cc2ccco2)c1. The fourth-order valence-electron chi connectivity index (χ4n) is 2.91. The average molecular weight is 385 g/mol. The highest BCUT2D eigenvalue weighted by Gasteiger charge is 2.18. The molecule has 0 fully saturated rings. The molecule has 0 radical (unpaired) electrons. The molecule has 1 aromatic heterocycles. The lowest BCUT2D eigenvalue weighted by Crippen LogP contribution is -2.24. The van der Waals surface area contributed by atoms with Gasteiger partial charge in [-0.15, -0.1) is 0 Å². The molecule has 5 nitrogen and oxygen atoms in total. The van der Waals surface area contributed by atoms with E-state index in [0.717, 1.165) is 17.9 Å². The maximum Gasteiger partial charge on any atom is 0.242 e. The number of sulfonamides is 1. The van der Waals surface area contributed by atoms with Gasteiger partial charge in [0.15, 0.2) is 0 Å². The van der Waals surface area contributed by atoms with E-state index < -0.39 is 10.0 Å². The Morgan fingerprint density at radius 2 is 1.52 bits per heavy atom. The number of nitrogens with zero attached hydrogens (tertiary/aromatic N) is 2. The van der Waals surface area contributed by atoms with E-state index in [1.54, 1.807) is 38.6 Å². The summed E-state index contributed by atoms with van der Waals surface area (Å²) in [5.41, 5.74) is 2.14. The van der Waals surface area contributed by atoms with Gasteiger partial charge in [0.05, 0.1) is 17.7 Å². The first-order valence-corrected chi connectivity index (χ1v) is 10.2. The Morgan fingerprint density at radius 3 is 2.19 bits per heavy atom. The van der Waals surface area contributed by atoms with E-state index >= 15 is 0 Å². The monoisotopic (exact) mass is 384 g/mol. The van der Waals surface area contributed by atoms with Crippen LogP contribution in [-0.2, 0) is 29.7 Å². The third kappa shape index (κ3) is 5.07. The molecule has 0 aliphatic carbocycles. The van der Waals surface area contributed by atoms with Gasteiger partial charge in [-0.05, 0) is 35.4 Å². The first-order valence-electron chi connectivity index (χ1n) is 8.75. The fraction of sp³-hybridized carbons (Fsp3) is 0.238. The van der Waals surface area contributed by atoms with Crippen molar-refractivity contribution in [2.45, 2.75) is 24.5 Å². The molecule has 2 aromatic carbocycles. The number of hydrogen-bond donors (Lipinski definition) is 0. The molecule has 0 atom stereocenters. The zero-order chi connectivity index (χ0) is 19.3. The van der Waals surface area contributed by atoms with Crippen LogP contribution in [0.25, 0.3) is 0 Å². The summed E-state index contributed by atoms with van der Waals surface area (Å²) >= 11 is 0. The summed E-state index contributed by atoms with van der Waals surface area (Å²) in [4.78, 5) is 2.54. The van der Waals surface area contributed by atoms with Crippen molar-refractivity contribution in [2.75, 3.05) is 14.1 Å². The summed E-state index contributed by atoms with van der Waals surface area (Å²) in [7, 11) is -0.363. The van der Waals surface area contributed by atoms with E-state index in [-0.39, 0.29) is 0 Å². The van der Waals surface area contributed by atoms with E-state index in [1.165, 1.54) is 9.87 Å². The van der Waals surface area contributed by atoms with Crippen molar-refractivity contribution in [2.24, 2.45) is 0 Å². The Balaban J connectivity index is 1.83. The largest absolute Gasteiger partial charge is 0.468 e. The van der Waals surface area contributed by atoms with Gasteiger partial charge in [0, 0.05) is 27.2 Å². The topological polar surface area (TPSA) is 53.8 Å². The van der Waals surface area contributed by atoms with Gasteiger partial charge in [-0.2, -0.15) is 0 Å². The Labute approximate surface area is 160 Å². The van der Waals surface area contributed by atoms with Gasteiger partial charge in [-0.1, -0.05) is 42.5 Å². The highest BCUT2D eigenvalue weighted by molar-refractivity contribution is 7.89. The zero-order valence-electron chi connectivity index (χ0n) is 15.6. The van der Waals surface area contributed by atoms with Crippen molar-refractivity contribution in [3.8, 4) is 0 Å². The van der Waals surface area contributed by atoms with Gasteiger partial charge >= 0.3 is 0 Å². The molecule has 3 aromatic rings. The Morgan fingerprint density at radius 1 is 0.815 bits per heavy atom. The molecule has 0 saturated carbocycles. The molecule has 0 spiro atoms. The summed E-state index contributed by atoms with van der Waals surface area (Å²) < 4.78 is 31.6. The van der Waals surface area contributed by atoms with E-state index in [4.69, 9.17) is 4.42 Å². The van der Waals surface area contributed by atoms with Crippen molar-refractivity contribution >= 4 is 10.0 Å². The highest BCUT2D eigenvalue weighted by atomic mass is 32.2. The summed E-state index contributed by atoms with van der Waals surface area (Å²) in [6.07, 6.45) is 1.67. The smallest absolute Gasteiger partial charge is 0.242 e. The van der Waals surface area contributed by atoms with Crippen molar-refractivity contribution in [1.29, 1.82) is 0 Å². The molecule has 6 heteroatoms. The first kappa shape index (κ1) is 19.4. The lowest BCUT2D eigenvalue weighted by molar-refractivity contribution is 0.226. The molecular weight excluding hydrogens is 360 g/mol. The average Bonchev–Trinajstić information content (AvgIpc) is 3.15. The molecule has 0 aliphatic rings. The lowest BCUT2D eigenvalue weighted by atomic mass is 10.1. The minimum Gasteiger partial charge on any atom is -0.468 e. The standard InChI is InChI=1S/C21H24N2O3S/c1-22(2)27(24,25)21-12-6-10-19(14-21)16-23(17-20-11-7-13-26-20)15-18-8-4-3-5-9-18/h3-14H,15-17H2,1-2H3. The number of hydrogen-bond acceptors (Lipinski definition) is 4. The number of benzene rings is 2. The van der Waals surface area contributed by atoms with Crippen LogP contribution in [0, 0.1) is 0 Å². The minimum atomic E-state index is -3.45. The molecule has 0 bridgehead atoms. The van der Waals surface area contributed by atoms with Crippen LogP contribution in [0.1, 0.15) is 16.9 Å². The van der Waals surface area contributed by atoms with Crippen LogP contribution in [0.4, 0.5) is 0 Å². The Hall–Kier alpha value is -2.41. The van der Waals surface area contributed by atoms with E-state index in [1.807, 2.05) is 36.4 Å². The van der Waals surface area contributed by atoms with E-state index in [2.05, 4.69) is 17.0 Å². The molecule has 142 valence electrons. The molecule has 0 N–H and O–H groups in total. The van der Waals surface area contributed by atoms with Crippen LogP contribution in [0.2, 0.25) is 0 Å². The predicted octanol–water partition coefficient (Wildman–Crippen LogP) is 3.73. The van der Waals surface area contributed by atoms with Crippen molar-refractivity contribution in [1.82, 2.24) is 9.21 Å². The van der Waals surface area contributed by atoms with Gasteiger partial charge < -0.3 is 4.42 Å². The third-order valence-corrected chi connectivity index (χ3v) is 6.10. The zero-order valence-corrected chi connectivity index (χ0v) is 16.4. The molecule has 0 unspecified atom stereocenters. The predicted molar refractivity (Wildman–Crippen MR) is 105 cm³/mol. The summed E-state index contributed by atoms with van der Waals surface area (Å²) in [6.45, 7) is 2.01. The summed E-state index contributed by atoms with van der Waals surface area (Å²) in [5, 5.41) is 0. The lowest BCUT2D eigenvalue weighted by Gasteiger charge is -2.22. The van der Waals surface area contributed by atoms with Crippen LogP contribution in [0.15, 0.2) is 82.3 Å². The van der Waals surface area contributed by atoms with Crippen LogP contribution in [-0.4, -0.2) is 31.7 Å². The molecular formula is C21H24N2O3S. The second-order valence-electron chi connectivity index (χ2n) is 6.64. The maximum atomic E-state index is 12.4. The van der Waals surface area contributed by atoms with Crippen molar-refractivity contribution < 1.29 is 12.8 Å². The molecule has 0 aliphatic heterocycles. The molecule has 27 heavy (non-hydrogen) atoms. The van der Waals surface area contributed by atoms with Gasteiger partial charge in [0.1, 0.15) is 5.76 Å². The quantitative estimate of drug-likeness (QED) is 0.594. The Bertz CT molecular complexity index is 952.